The van der Waals surface area contributed by atoms with Crippen LogP contribution in [0.2, 0.25) is 0 Å². The minimum absolute atomic E-state index is 0.180. The fraction of sp³-hybridized carbons (Fsp3) is 1.00. The molecule has 2 atom stereocenters. The van der Waals surface area contributed by atoms with Gasteiger partial charge in [0.2, 0.25) is 0 Å². The molecule has 0 spiro atoms. The van der Waals surface area contributed by atoms with E-state index in [1.807, 2.05) is 6.92 Å². The lowest BCUT2D eigenvalue weighted by Gasteiger charge is -2.31. The number of hydrogen-bond donors (Lipinski definition) is 1. The van der Waals surface area contributed by atoms with Gasteiger partial charge in [-0.25, -0.2) is 0 Å². The minimum atomic E-state index is 0.180. The van der Waals surface area contributed by atoms with E-state index in [0.717, 1.165) is 19.7 Å². The fourth-order valence-corrected chi connectivity index (χ4v) is 1.74. The molecule has 0 aliphatic carbocycles. The van der Waals surface area contributed by atoms with E-state index in [9.17, 15) is 0 Å². The summed E-state index contributed by atoms with van der Waals surface area (Å²) in [6, 6.07) is 0.180. The van der Waals surface area contributed by atoms with Crippen LogP contribution in [0.4, 0.5) is 0 Å². The van der Waals surface area contributed by atoms with Crippen molar-refractivity contribution in [1.29, 1.82) is 0 Å². The lowest BCUT2D eigenvalue weighted by atomic mass is 10.1. The Hall–Kier alpha value is -0.120. The van der Waals surface area contributed by atoms with Crippen molar-refractivity contribution < 1.29 is 4.74 Å². The van der Waals surface area contributed by atoms with Gasteiger partial charge in [-0.05, 0) is 27.7 Å². The van der Waals surface area contributed by atoms with E-state index in [4.69, 9.17) is 10.5 Å². The van der Waals surface area contributed by atoms with Gasteiger partial charge in [0, 0.05) is 31.3 Å². The molecule has 1 heterocycles. The Bertz CT molecular complexity index is 165. The van der Waals surface area contributed by atoms with Crippen molar-refractivity contribution in [3.8, 4) is 0 Å². The van der Waals surface area contributed by atoms with Crippen molar-refractivity contribution in [2.75, 3.05) is 19.7 Å². The molecule has 1 unspecified atom stereocenters. The van der Waals surface area contributed by atoms with E-state index in [-0.39, 0.29) is 17.7 Å². The van der Waals surface area contributed by atoms with Gasteiger partial charge in [-0.2, -0.15) is 0 Å². The van der Waals surface area contributed by atoms with Crippen LogP contribution in [0.3, 0.4) is 0 Å². The van der Waals surface area contributed by atoms with Gasteiger partial charge in [0.25, 0.3) is 0 Å². The molecule has 1 fully saturated rings. The zero-order valence-electron chi connectivity index (χ0n) is 9.21. The smallest absolute Gasteiger partial charge is 0.0865 e. The van der Waals surface area contributed by atoms with Crippen molar-refractivity contribution in [1.82, 2.24) is 4.90 Å². The predicted molar refractivity (Wildman–Crippen MR) is 54.7 cm³/mol. The van der Waals surface area contributed by atoms with E-state index < -0.39 is 0 Å². The summed E-state index contributed by atoms with van der Waals surface area (Å²) in [6.45, 7) is 11.4. The van der Waals surface area contributed by atoms with Crippen molar-refractivity contribution in [2.45, 2.75) is 45.4 Å². The predicted octanol–water partition coefficient (Wildman–Crippen LogP) is 0.833. The molecular weight excluding hydrogens is 164 g/mol. The Morgan fingerprint density at radius 1 is 1.38 bits per heavy atom. The first-order valence-corrected chi connectivity index (χ1v) is 5.07. The first-order chi connectivity index (χ1) is 5.95. The first-order valence-electron chi connectivity index (χ1n) is 5.07. The van der Waals surface area contributed by atoms with Crippen LogP contribution in [0.15, 0.2) is 0 Å². The maximum atomic E-state index is 5.99. The molecule has 13 heavy (non-hydrogen) atoms. The van der Waals surface area contributed by atoms with Gasteiger partial charge in [0.05, 0.1) is 6.10 Å². The maximum Gasteiger partial charge on any atom is 0.0865 e. The van der Waals surface area contributed by atoms with Crippen LogP contribution in [-0.2, 0) is 4.74 Å². The molecule has 0 amide bonds. The Morgan fingerprint density at radius 2 is 2.00 bits per heavy atom. The number of rotatable bonds is 2. The van der Waals surface area contributed by atoms with Gasteiger partial charge in [-0.15, -0.1) is 0 Å². The normalized spacial score (nSPS) is 31.2. The van der Waals surface area contributed by atoms with Gasteiger partial charge in [0.15, 0.2) is 0 Å². The third-order valence-corrected chi connectivity index (χ3v) is 2.64. The summed E-state index contributed by atoms with van der Waals surface area (Å²) in [6.07, 6.45) is 0.226. The Morgan fingerprint density at radius 3 is 2.38 bits per heavy atom. The van der Waals surface area contributed by atoms with Crippen molar-refractivity contribution >= 4 is 0 Å². The molecule has 0 bridgehead atoms. The highest BCUT2D eigenvalue weighted by Gasteiger charge is 2.35. The van der Waals surface area contributed by atoms with Gasteiger partial charge in [0.1, 0.15) is 0 Å². The summed E-state index contributed by atoms with van der Waals surface area (Å²) in [5.74, 6) is 0. The number of nitrogens with two attached hydrogens (primary N) is 1. The molecule has 1 aliphatic rings. The van der Waals surface area contributed by atoms with Crippen LogP contribution in [-0.4, -0.2) is 42.3 Å². The Labute approximate surface area is 81.2 Å². The molecular formula is C10H22N2O. The second-order valence-corrected chi connectivity index (χ2v) is 4.73. The third kappa shape index (κ3) is 2.66. The monoisotopic (exact) mass is 186 g/mol. The topological polar surface area (TPSA) is 38.5 Å². The summed E-state index contributed by atoms with van der Waals surface area (Å²) in [5, 5.41) is 0. The third-order valence-electron chi connectivity index (χ3n) is 2.64. The molecule has 0 aromatic heterocycles. The highest BCUT2D eigenvalue weighted by molar-refractivity contribution is 4.93. The van der Waals surface area contributed by atoms with Crippen LogP contribution in [0.1, 0.15) is 27.7 Å². The Balaban J connectivity index is 2.50. The summed E-state index contributed by atoms with van der Waals surface area (Å²) >= 11 is 0. The molecule has 0 aromatic rings. The van der Waals surface area contributed by atoms with E-state index in [1.54, 1.807) is 0 Å². The van der Waals surface area contributed by atoms with E-state index in [0.29, 0.717) is 0 Å². The van der Waals surface area contributed by atoms with Crippen LogP contribution in [0.25, 0.3) is 0 Å². The summed E-state index contributed by atoms with van der Waals surface area (Å²) < 4.78 is 5.57. The molecule has 78 valence electrons. The number of likely N-dealkylation sites (tertiary alicyclic amines) is 1. The quantitative estimate of drug-likeness (QED) is 0.694. The second kappa shape index (κ2) is 3.95. The average Bonchev–Trinajstić information content (AvgIpc) is 2.32. The Kier molecular flexibility index (Phi) is 3.33. The second-order valence-electron chi connectivity index (χ2n) is 4.73. The number of hydrogen-bond acceptors (Lipinski definition) is 3. The maximum absolute atomic E-state index is 5.99. The minimum Gasteiger partial charge on any atom is -0.376 e. The van der Waals surface area contributed by atoms with E-state index >= 15 is 0 Å². The van der Waals surface area contributed by atoms with Gasteiger partial charge in [-0.3, -0.25) is 4.90 Å². The van der Waals surface area contributed by atoms with Crippen LogP contribution >= 0.6 is 0 Å². The summed E-state index contributed by atoms with van der Waals surface area (Å²) in [5.41, 5.74) is 6.20. The van der Waals surface area contributed by atoms with Gasteiger partial charge >= 0.3 is 0 Å². The molecule has 1 rings (SSSR count). The summed E-state index contributed by atoms with van der Waals surface area (Å²) in [7, 11) is 0. The molecule has 1 aliphatic heterocycles. The highest BCUT2D eigenvalue weighted by Crippen LogP contribution is 2.21. The van der Waals surface area contributed by atoms with Crippen molar-refractivity contribution in [3.63, 3.8) is 0 Å². The average molecular weight is 186 g/mol. The van der Waals surface area contributed by atoms with Crippen LogP contribution in [0.5, 0.6) is 0 Å². The molecule has 3 nitrogen and oxygen atoms in total. The SMILES string of the molecule is CCOC1CN(C(C)(C)C)C[C@@H]1N. The first kappa shape index (κ1) is 11.0. The lowest BCUT2D eigenvalue weighted by Crippen LogP contribution is -2.40. The number of nitrogens with zero attached hydrogens (tertiary/aromatic N) is 1. The van der Waals surface area contributed by atoms with Crippen molar-refractivity contribution in [2.24, 2.45) is 5.73 Å². The molecule has 0 aromatic carbocycles. The van der Waals surface area contributed by atoms with Crippen molar-refractivity contribution in [3.05, 3.63) is 0 Å². The molecule has 1 saturated heterocycles. The molecule has 3 heteroatoms. The summed E-state index contributed by atoms with van der Waals surface area (Å²) in [4.78, 5) is 2.39. The zero-order chi connectivity index (χ0) is 10.1. The van der Waals surface area contributed by atoms with Crippen LogP contribution in [0, 0.1) is 0 Å². The molecule has 0 saturated carbocycles. The molecule has 2 N–H and O–H groups in total. The highest BCUT2D eigenvalue weighted by atomic mass is 16.5. The fourth-order valence-electron chi connectivity index (χ4n) is 1.74. The van der Waals surface area contributed by atoms with E-state index in [1.165, 1.54) is 0 Å². The van der Waals surface area contributed by atoms with Gasteiger partial charge < -0.3 is 10.5 Å². The lowest BCUT2D eigenvalue weighted by molar-refractivity contribution is 0.0515. The zero-order valence-corrected chi connectivity index (χ0v) is 9.21. The number of ether oxygens (including phenoxy) is 1. The molecule has 0 radical (unpaired) electrons. The standard InChI is InChI=1S/C10H22N2O/c1-5-13-9-7-12(6-8(9)11)10(2,3)4/h8-9H,5-7,11H2,1-4H3/t8-,9?/m0/s1. The van der Waals surface area contributed by atoms with Gasteiger partial charge in [-0.1, -0.05) is 0 Å². The van der Waals surface area contributed by atoms with E-state index in [2.05, 4.69) is 25.7 Å². The van der Waals surface area contributed by atoms with Crippen LogP contribution < -0.4 is 5.73 Å². The largest absolute Gasteiger partial charge is 0.376 e.